The van der Waals surface area contributed by atoms with Crippen LogP contribution in [0, 0.1) is 0 Å². The van der Waals surface area contributed by atoms with Crippen LogP contribution in [-0.2, 0) is 5.41 Å². The molecule has 88 valence electrons. The van der Waals surface area contributed by atoms with Gasteiger partial charge < -0.3 is 5.11 Å². The number of nitrogens with zero attached hydrogens (tertiary/aromatic N) is 1. The molecule has 17 heavy (non-hydrogen) atoms. The molecule has 1 N–H and O–H groups in total. The molecule has 0 aliphatic carbocycles. The van der Waals surface area contributed by atoms with Crippen molar-refractivity contribution in [1.29, 1.82) is 0 Å². The summed E-state index contributed by atoms with van der Waals surface area (Å²) in [7, 11) is 0. The highest BCUT2D eigenvalue weighted by atomic mass is 16.3. The van der Waals surface area contributed by atoms with Crippen molar-refractivity contribution in [3.63, 3.8) is 0 Å². The van der Waals surface area contributed by atoms with Crippen molar-refractivity contribution in [2.24, 2.45) is 0 Å². The van der Waals surface area contributed by atoms with Gasteiger partial charge in [-0.05, 0) is 23.1 Å². The van der Waals surface area contributed by atoms with E-state index in [0.29, 0.717) is 5.75 Å². The van der Waals surface area contributed by atoms with Crippen LogP contribution in [0.25, 0.3) is 11.1 Å². The second kappa shape index (κ2) is 4.21. The van der Waals surface area contributed by atoms with E-state index in [1.54, 1.807) is 12.3 Å². The van der Waals surface area contributed by atoms with Gasteiger partial charge in [0.05, 0.1) is 0 Å². The zero-order valence-corrected chi connectivity index (χ0v) is 10.4. The molecular weight excluding hydrogens is 210 g/mol. The lowest BCUT2D eigenvalue weighted by Gasteiger charge is -2.22. The Morgan fingerprint density at radius 1 is 1.00 bits per heavy atom. The lowest BCUT2D eigenvalue weighted by Crippen LogP contribution is -2.12. The van der Waals surface area contributed by atoms with Gasteiger partial charge in [0.2, 0.25) is 0 Å². The van der Waals surface area contributed by atoms with E-state index in [-0.39, 0.29) is 5.41 Å². The summed E-state index contributed by atoms with van der Waals surface area (Å²) in [6.07, 6.45) is 3.61. The monoisotopic (exact) mass is 227 g/mol. The number of aromatic hydroxyl groups is 1. The van der Waals surface area contributed by atoms with E-state index in [1.165, 1.54) is 5.56 Å². The maximum absolute atomic E-state index is 9.93. The lowest BCUT2D eigenvalue weighted by atomic mass is 9.83. The first-order valence-electron chi connectivity index (χ1n) is 5.73. The van der Waals surface area contributed by atoms with Gasteiger partial charge in [0.1, 0.15) is 5.75 Å². The average Bonchev–Trinajstić information content (AvgIpc) is 2.28. The minimum atomic E-state index is 0.0283. The quantitative estimate of drug-likeness (QED) is 0.804. The molecule has 0 bridgehead atoms. The second-order valence-corrected chi connectivity index (χ2v) is 5.19. The van der Waals surface area contributed by atoms with Crippen molar-refractivity contribution in [1.82, 2.24) is 4.98 Å². The predicted octanol–water partition coefficient (Wildman–Crippen LogP) is 3.75. The molecule has 2 nitrogen and oxygen atoms in total. The molecule has 0 amide bonds. The molecule has 2 heteroatoms. The van der Waals surface area contributed by atoms with Gasteiger partial charge in [-0.3, -0.25) is 4.98 Å². The zero-order chi connectivity index (χ0) is 12.5. The lowest BCUT2D eigenvalue weighted by molar-refractivity contribution is 0.477. The molecule has 0 saturated heterocycles. The van der Waals surface area contributed by atoms with Gasteiger partial charge in [0.25, 0.3) is 0 Å². The van der Waals surface area contributed by atoms with Crippen molar-refractivity contribution in [3.8, 4) is 16.9 Å². The van der Waals surface area contributed by atoms with E-state index >= 15 is 0 Å². The van der Waals surface area contributed by atoms with Crippen LogP contribution < -0.4 is 0 Å². The predicted molar refractivity (Wildman–Crippen MR) is 70.0 cm³/mol. The van der Waals surface area contributed by atoms with Gasteiger partial charge in [-0.1, -0.05) is 39.0 Å². The van der Waals surface area contributed by atoms with Crippen molar-refractivity contribution in [3.05, 3.63) is 48.3 Å². The fourth-order valence-electron chi connectivity index (χ4n) is 1.96. The fraction of sp³-hybridized carbons (Fsp3) is 0.267. The van der Waals surface area contributed by atoms with Crippen LogP contribution in [0.15, 0.2) is 42.7 Å². The third kappa shape index (κ3) is 2.31. The minimum absolute atomic E-state index is 0.0283. The van der Waals surface area contributed by atoms with Crippen LogP contribution in [0.3, 0.4) is 0 Å². The summed E-state index contributed by atoms with van der Waals surface area (Å²) in [5.41, 5.74) is 3.05. The Labute approximate surface area is 102 Å². The number of para-hydroxylation sites is 1. The Morgan fingerprint density at radius 3 is 2.35 bits per heavy atom. The van der Waals surface area contributed by atoms with E-state index in [4.69, 9.17) is 0 Å². The van der Waals surface area contributed by atoms with E-state index in [0.717, 1.165) is 11.1 Å². The van der Waals surface area contributed by atoms with Gasteiger partial charge in [-0.15, -0.1) is 0 Å². The number of phenolic OH excluding ortho intramolecular Hbond substituents is 1. The molecule has 1 aromatic carbocycles. The van der Waals surface area contributed by atoms with Crippen LogP contribution >= 0.6 is 0 Å². The molecule has 2 rings (SSSR count). The highest BCUT2D eigenvalue weighted by Gasteiger charge is 2.19. The number of aromatic nitrogens is 1. The van der Waals surface area contributed by atoms with Crippen molar-refractivity contribution < 1.29 is 5.11 Å². The Morgan fingerprint density at radius 2 is 1.71 bits per heavy atom. The van der Waals surface area contributed by atoms with Gasteiger partial charge in [0.15, 0.2) is 0 Å². The van der Waals surface area contributed by atoms with Crippen LogP contribution in [0.2, 0.25) is 0 Å². The smallest absolute Gasteiger partial charge is 0.123 e. The first kappa shape index (κ1) is 11.6. The standard InChI is InChI=1S/C15H17NO/c1-15(2,3)13-8-9-16-10-12(13)11-6-4-5-7-14(11)17/h4-10,17H,1-3H3. The summed E-state index contributed by atoms with van der Waals surface area (Å²) in [6.45, 7) is 6.48. The molecule has 0 aliphatic rings. The number of phenols is 1. The molecule has 0 spiro atoms. The van der Waals surface area contributed by atoms with Crippen molar-refractivity contribution >= 4 is 0 Å². The first-order chi connectivity index (χ1) is 8.00. The highest BCUT2D eigenvalue weighted by molar-refractivity contribution is 5.73. The molecule has 0 atom stereocenters. The normalized spacial score (nSPS) is 11.5. The number of benzene rings is 1. The van der Waals surface area contributed by atoms with Gasteiger partial charge in [-0.25, -0.2) is 0 Å². The summed E-state index contributed by atoms with van der Waals surface area (Å²) in [5.74, 6) is 0.297. The summed E-state index contributed by atoms with van der Waals surface area (Å²) in [6, 6.07) is 9.39. The maximum atomic E-state index is 9.93. The summed E-state index contributed by atoms with van der Waals surface area (Å²) < 4.78 is 0. The van der Waals surface area contributed by atoms with Crippen LogP contribution in [0.4, 0.5) is 0 Å². The van der Waals surface area contributed by atoms with E-state index in [9.17, 15) is 5.11 Å². The van der Waals surface area contributed by atoms with E-state index in [2.05, 4.69) is 25.8 Å². The minimum Gasteiger partial charge on any atom is -0.507 e. The molecule has 1 heterocycles. The van der Waals surface area contributed by atoms with Gasteiger partial charge in [-0.2, -0.15) is 0 Å². The largest absolute Gasteiger partial charge is 0.507 e. The molecule has 0 aliphatic heterocycles. The van der Waals surface area contributed by atoms with Crippen LogP contribution in [0.1, 0.15) is 26.3 Å². The highest BCUT2D eigenvalue weighted by Crippen LogP contribution is 2.36. The zero-order valence-electron chi connectivity index (χ0n) is 10.4. The number of rotatable bonds is 1. The summed E-state index contributed by atoms with van der Waals surface area (Å²) >= 11 is 0. The van der Waals surface area contributed by atoms with Crippen LogP contribution in [-0.4, -0.2) is 10.1 Å². The third-order valence-corrected chi connectivity index (χ3v) is 2.82. The molecule has 1 aromatic heterocycles. The fourth-order valence-corrected chi connectivity index (χ4v) is 1.96. The van der Waals surface area contributed by atoms with Crippen molar-refractivity contribution in [2.75, 3.05) is 0 Å². The molecule has 0 fully saturated rings. The SMILES string of the molecule is CC(C)(C)c1ccncc1-c1ccccc1O. The summed E-state index contributed by atoms with van der Waals surface area (Å²) in [5, 5.41) is 9.93. The Hall–Kier alpha value is -1.83. The van der Waals surface area contributed by atoms with E-state index in [1.807, 2.05) is 30.5 Å². The second-order valence-electron chi connectivity index (χ2n) is 5.19. The maximum Gasteiger partial charge on any atom is 0.123 e. The summed E-state index contributed by atoms with van der Waals surface area (Å²) in [4.78, 5) is 4.17. The number of hydrogen-bond acceptors (Lipinski definition) is 2. The first-order valence-corrected chi connectivity index (χ1v) is 5.73. The van der Waals surface area contributed by atoms with Gasteiger partial charge >= 0.3 is 0 Å². The third-order valence-electron chi connectivity index (χ3n) is 2.82. The topological polar surface area (TPSA) is 33.1 Å². The number of pyridine rings is 1. The van der Waals surface area contributed by atoms with E-state index < -0.39 is 0 Å². The molecule has 0 unspecified atom stereocenters. The van der Waals surface area contributed by atoms with Crippen molar-refractivity contribution in [2.45, 2.75) is 26.2 Å². The average molecular weight is 227 g/mol. The molecule has 2 aromatic rings. The molecule has 0 radical (unpaired) electrons. The molecular formula is C15H17NO. The Kier molecular flexibility index (Phi) is 2.88. The molecule has 0 saturated carbocycles. The van der Waals surface area contributed by atoms with Gasteiger partial charge in [0, 0.05) is 23.5 Å². The number of hydrogen-bond donors (Lipinski definition) is 1. The Balaban J connectivity index is 2.65. The Bertz CT molecular complexity index is 526. The van der Waals surface area contributed by atoms with Crippen LogP contribution in [0.5, 0.6) is 5.75 Å².